The fourth-order valence-corrected chi connectivity index (χ4v) is 6.13. The minimum absolute atomic E-state index is 0. The first-order valence-corrected chi connectivity index (χ1v) is 16.4. The molecule has 0 fully saturated rings. The predicted octanol–water partition coefficient (Wildman–Crippen LogP) is 4.09. The molecule has 2 aliphatic rings. The fraction of sp³-hybridized carbons (Fsp3) is 0.200. The number of hydrogen-bond donors (Lipinski definition) is 2. The largest absolute Gasteiger partial charge is 1.00 e. The smallest absolute Gasteiger partial charge is 1.00 e. The van der Waals surface area contributed by atoms with Crippen LogP contribution in [-0.4, -0.2) is 33.1 Å². The van der Waals surface area contributed by atoms with Gasteiger partial charge in [-0.1, -0.05) is 12.1 Å². The summed E-state index contributed by atoms with van der Waals surface area (Å²) in [5, 5.41) is 0. The van der Waals surface area contributed by atoms with Crippen molar-refractivity contribution in [2.45, 2.75) is 38.9 Å². The second-order valence-corrected chi connectivity index (χ2v) is 12.4. The molecule has 0 amide bonds. The van der Waals surface area contributed by atoms with Crippen molar-refractivity contribution in [2.75, 3.05) is 13.2 Å². The van der Waals surface area contributed by atoms with E-state index in [2.05, 4.69) is 9.97 Å². The van der Waals surface area contributed by atoms with Crippen molar-refractivity contribution < 1.29 is 133 Å². The van der Waals surface area contributed by atoms with Crippen molar-refractivity contribution in [1.29, 1.82) is 0 Å². The molecular weight excluding hydrogens is 723 g/mol. The number of nitrogens with one attached hydrogen (secondary N) is 2. The molecule has 2 aromatic carbocycles. The second kappa shape index (κ2) is 18.5. The first kappa shape index (κ1) is 41.1. The number of nitrogens with zero attached hydrogens (tertiary/aromatic N) is 2. The van der Waals surface area contributed by atoms with Gasteiger partial charge in [-0.2, -0.15) is 0 Å². The van der Waals surface area contributed by atoms with E-state index < -0.39 is 23.3 Å². The van der Waals surface area contributed by atoms with Gasteiger partial charge in [-0.25, -0.2) is 27.5 Å². The summed E-state index contributed by atoms with van der Waals surface area (Å²) in [6.45, 7) is 4.32. The van der Waals surface area contributed by atoms with Crippen molar-refractivity contribution in [1.82, 2.24) is 19.9 Å². The minimum Gasteiger partial charge on any atom is -1.00 e. The molecule has 3 aromatic heterocycles. The Morgan fingerprint density at radius 1 is 0.558 bits per heavy atom. The maximum Gasteiger partial charge on any atom is 1.00 e. The van der Waals surface area contributed by atoms with E-state index in [1.165, 1.54) is 24.3 Å². The average Bonchev–Trinajstić information content (AvgIpc) is 3.88. The zero-order chi connectivity index (χ0) is 34.8. The molecule has 2 aliphatic heterocycles. The minimum atomic E-state index is -0.618. The van der Waals surface area contributed by atoms with E-state index in [-0.39, 0.29) is 144 Å². The average molecular weight is 759 g/mol. The number of H-pyrrole nitrogens is 2. The number of hydrogen-bond acceptors (Lipinski definition) is 4. The molecule has 8 bridgehead atoms. The van der Waals surface area contributed by atoms with Crippen LogP contribution in [-0.2, 0) is 22.3 Å². The summed E-state index contributed by atoms with van der Waals surface area (Å²) in [5.74, 6) is -2.43. The normalized spacial score (nSPS) is 13.0. The van der Waals surface area contributed by atoms with Crippen LogP contribution in [0, 0.1) is 23.3 Å². The maximum absolute atomic E-state index is 14.2. The summed E-state index contributed by atoms with van der Waals surface area (Å²) in [7, 11) is 0. The molecule has 5 heterocycles. The summed E-state index contributed by atoms with van der Waals surface area (Å²) < 4.78 is 67.6. The van der Waals surface area contributed by atoms with Gasteiger partial charge in [0.05, 0.1) is 48.2 Å². The topological polar surface area (TPSA) is 75.8 Å². The number of fused-ring (bicyclic) bond motifs is 8. The van der Waals surface area contributed by atoms with Gasteiger partial charge < -0.3 is 22.3 Å². The van der Waals surface area contributed by atoms with Gasteiger partial charge in [0.15, 0.2) is 0 Å². The molecule has 12 heteroatoms. The number of benzene rings is 2. The van der Waals surface area contributed by atoms with Crippen LogP contribution in [0.15, 0.2) is 72.8 Å². The fourth-order valence-electron chi connectivity index (χ4n) is 6.13. The Morgan fingerprint density at radius 3 is 1.46 bits per heavy atom. The third-order valence-corrected chi connectivity index (χ3v) is 8.74. The third-order valence-electron chi connectivity index (χ3n) is 8.74. The summed E-state index contributed by atoms with van der Waals surface area (Å²) in [6, 6.07) is 18.9. The summed E-state index contributed by atoms with van der Waals surface area (Å²) in [5.41, 5.74) is 8.81. The van der Waals surface area contributed by atoms with Crippen LogP contribution < -0.4 is 103 Å². The summed E-state index contributed by atoms with van der Waals surface area (Å²) in [6.07, 6.45) is 7.57. The molecular formula is C40H36F4K2N4O2. The third kappa shape index (κ3) is 10.2. The van der Waals surface area contributed by atoms with Crippen LogP contribution in [0.2, 0.25) is 0 Å². The van der Waals surface area contributed by atoms with Crippen LogP contribution in [0.4, 0.5) is 17.6 Å². The number of aromatic amines is 2. The SMILES string of the molecule is CC(OCCc1ccc(F)cc1F)c1cc2cc3[nH]c(cc4nc(cc5nc(cc1[nH]2)C=C5)C=C4)cc3C(C)OCCc1ccc(F)cc1F.[H-].[H-].[K+].[K+]. The van der Waals surface area contributed by atoms with Crippen molar-refractivity contribution in [3.8, 4) is 0 Å². The van der Waals surface area contributed by atoms with Crippen molar-refractivity contribution >= 4 is 46.4 Å². The standard InChI is InChI=1S/C40H34F4N4O2.2K.2H/c1-23(49-13-11-25-3-5-27(41)15-37(25)43)35-19-33-18-31-8-7-29(45-31)17-30-9-10-32(46-30)21-39-36(20-34(48-39)22-40(35)47-33)24(2)50-14-12-26-4-6-28(42)16-38(26)44;;;;/h3-10,15-24,47-48H,11-14H2,1-2H3;;;;/q;2*+1;2*-1. The zero-order valence-electron chi connectivity index (χ0n) is 31.4. The molecule has 0 spiro atoms. The van der Waals surface area contributed by atoms with E-state index in [0.717, 1.165) is 68.1 Å². The van der Waals surface area contributed by atoms with E-state index in [9.17, 15) is 17.6 Å². The Hall–Kier alpha value is -2.05. The molecule has 0 saturated heterocycles. The number of rotatable bonds is 10. The monoisotopic (exact) mass is 758 g/mol. The van der Waals surface area contributed by atoms with Gasteiger partial charge in [0.25, 0.3) is 0 Å². The molecule has 7 rings (SSSR count). The molecule has 52 heavy (non-hydrogen) atoms. The van der Waals surface area contributed by atoms with E-state index in [1.807, 2.05) is 74.5 Å². The van der Waals surface area contributed by atoms with Gasteiger partial charge in [0, 0.05) is 45.3 Å². The van der Waals surface area contributed by atoms with E-state index in [1.54, 1.807) is 0 Å². The Morgan fingerprint density at radius 2 is 0.981 bits per heavy atom. The number of ether oxygens (including phenoxy) is 2. The first-order valence-electron chi connectivity index (χ1n) is 16.4. The van der Waals surface area contributed by atoms with Crippen LogP contribution in [0.1, 0.15) is 73.9 Å². The quantitative estimate of drug-likeness (QED) is 0.163. The number of aromatic nitrogens is 4. The van der Waals surface area contributed by atoms with Gasteiger partial charge >= 0.3 is 103 Å². The predicted molar refractivity (Wildman–Crippen MR) is 190 cm³/mol. The molecule has 2 unspecified atom stereocenters. The molecule has 0 radical (unpaired) electrons. The molecule has 0 aliphatic carbocycles. The number of halogens is 4. The molecule has 5 aromatic rings. The Bertz CT molecular complexity index is 2320. The van der Waals surface area contributed by atoms with Crippen LogP contribution in [0.5, 0.6) is 0 Å². The van der Waals surface area contributed by atoms with Crippen LogP contribution in [0.25, 0.3) is 46.4 Å². The van der Waals surface area contributed by atoms with E-state index in [4.69, 9.17) is 19.4 Å². The zero-order valence-corrected chi connectivity index (χ0v) is 35.7. The van der Waals surface area contributed by atoms with Gasteiger partial charge in [-0.05, 0) is 111 Å². The summed E-state index contributed by atoms with van der Waals surface area (Å²) in [4.78, 5) is 16.5. The summed E-state index contributed by atoms with van der Waals surface area (Å²) >= 11 is 0. The molecule has 0 saturated carbocycles. The van der Waals surface area contributed by atoms with Gasteiger partial charge in [0.1, 0.15) is 23.3 Å². The Labute approximate surface area is 387 Å². The van der Waals surface area contributed by atoms with Crippen LogP contribution in [0.3, 0.4) is 0 Å². The van der Waals surface area contributed by atoms with Gasteiger partial charge in [0.2, 0.25) is 0 Å². The van der Waals surface area contributed by atoms with Crippen molar-refractivity contribution in [2.24, 2.45) is 0 Å². The van der Waals surface area contributed by atoms with E-state index in [0.29, 0.717) is 11.1 Å². The van der Waals surface area contributed by atoms with Crippen LogP contribution >= 0.6 is 0 Å². The molecule has 2 N–H and O–H groups in total. The van der Waals surface area contributed by atoms with Gasteiger partial charge in [-0.15, -0.1) is 0 Å². The Balaban J connectivity index is 0.00000196. The molecule has 6 nitrogen and oxygen atoms in total. The Kier molecular flexibility index (Phi) is 14.6. The molecule has 2 atom stereocenters. The second-order valence-electron chi connectivity index (χ2n) is 12.4. The maximum atomic E-state index is 14.2. The van der Waals surface area contributed by atoms with E-state index >= 15 is 0 Å². The van der Waals surface area contributed by atoms with Crippen molar-refractivity contribution in [3.05, 3.63) is 141 Å². The van der Waals surface area contributed by atoms with Crippen molar-refractivity contribution in [3.63, 3.8) is 0 Å². The van der Waals surface area contributed by atoms with Gasteiger partial charge in [-0.3, -0.25) is 0 Å². The molecule has 258 valence electrons. The first-order chi connectivity index (χ1) is 24.2.